The van der Waals surface area contributed by atoms with E-state index < -0.39 is 80.0 Å². The number of allylic oxidation sites excluding steroid dienone is 1. The minimum absolute atomic E-state index is 0.0183. The summed E-state index contributed by atoms with van der Waals surface area (Å²) in [7, 11) is -0.973. The van der Waals surface area contributed by atoms with E-state index in [1.54, 1.807) is 32.0 Å². The molecule has 7 unspecified atom stereocenters. The average molecular weight is 866 g/mol. The number of hydrogen-bond acceptors (Lipinski definition) is 11. The molecule has 4 amide bonds. The Hall–Kier alpha value is -4.81. The second kappa shape index (κ2) is 16.6. The van der Waals surface area contributed by atoms with Crippen molar-refractivity contribution >= 4 is 44.6 Å². The molecule has 60 heavy (non-hydrogen) atoms. The van der Waals surface area contributed by atoms with Gasteiger partial charge in [0.15, 0.2) is 0 Å². The van der Waals surface area contributed by atoms with Crippen molar-refractivity contribution in [2.45, 2.75) is 126 Å². The molecule has 0 spiro atoms. The largest absolute Gasteiger partial charge is 0.497 e. The number of aromatic nitrogens is 1. The minimum Gasteiger partial charge on any atom is -0.497 e. The third-order valence-corrected chi connectivity index (χ3v) is 14.5. The summed E-state index contributed by atoms with van der Waals surface area (Å²) in [5.74, 6) is -1.99. The highest BCUT2D eigenvalue weighted by atomic mass is 32.2. The van der Waals surface area contributed by atoms with Gasteiger partial charge in [0.2, 0.25) is 39.2 Å². The van der Waals surface area contributed by atoms with E-state index in [4.69, 9.17) is 18.9 Å². The molecule has 1 aromatic heterocycles. The van der Waals surface area contributed by atoms with E-state index in [9.17, 15) is 40.8 Å². The van der Waals surface area contributed by atoms with Crippen LogP contribution in [0, 0.1) is 17.8 Å². The Bertz CT molecular complexity index is 2150. The van der Waals surface area contributed by atoms with Crippen LogP contribution in [0.4, 0.5) is 18.0 Å². The number of carbonyl (C=O) groups is 4. The normalized spacial score (nSPS) is 28.3. The van der Waals surface area contributed by atoms with Gasteiger partial charge in [-0.25, -0.2) is 18.2 Å². The van der Waals surface area contributed by atoms with Crippen LogP contribution in [-0.4, -0.2) is 103 Å². The number of fused-ring (bicyclic) bond motifs is 3. The van der Waals surface area contributed by atoms with Crippen LogP contribution in [-0.2, 0) is 29.1 Å². The summed E-state index contributed by atoms with van der Waals surface area (Å²) >= 11 is 0. The Balaban J connectivity index is 1.34. The van der Waals surface area contributed by atoms with Crippen molar-refractivity contribution < 1.29 is 59.7 Å². The van der Waals surface area contributed by atoms with Crippen LogP contribution < -0.4 is 29.6 Å². The van der Waals surface area contributed by atoms with Gasteiger partial charge in [0.1, 0.15) is 29.7 Å². The molecule has 0 bridgehead atoms. The van der Waals surface area contributed by atoms with E-state index >= 15 is 0 Å². The van der Waals surface area contributed by atoms with E-state index in [2.05, 4.69) is 20.3 Å². The van der Waals surface area contributed by atoms with Gasteiger partial charge in [-0.3, -0.25) is 19.1 Å². The summed E-state index contributed by atoms with van der Waals surface area (Å²) in [6.45, 7) is 6.42. The minimum atomic E-state index is -4.91. The van der Waals surface area contributed by atoms with Gasteiger partial charge in [-0.1, -0.05) is 32.4 Å². The molecule has 2 saturated carbocycles. The van der Waals surface area contributed by atoms with Gasteiger partial charge in [-0.2, -0.15) is 13.2 Å². The number of alkyl halides is 3. The number of methoxy groups -OCH3 is 2. The van der Waals surface area contributed by atoms with Crippen molar-refractivity contribution in [2.75, 3.05) is 20.8 Å². The maximum Gasteiger partial charge on any atom is 0.427 e. The second-order valence-electron chi connectivity index (χ2n) is 17.4. The Kier molecular flexibility index (Phi) is 12.4. The van der Waals surface area contributed by atoms with Crippen molar-refractivity contribution in [2.24, 2.45) is 17.8 Å². The highest BCUT2D eigenvalue weighted by Crippen LogP contribution is 2.49. The summed E-state index contributed by atoms with van der Waals surface area (Å²) in [5, 5.41) is 6.54. The average Bonchev–Trinajstić information content (AvgIpc) is 4.03. The number of alkyl carbamates (subject to hydrolysis) is 1. The number of benzene rings is 1. The summed E-state index contributed by atoms with van der Waals surface area (Å²) in [5.41, 5.74) is -4.06. The Labute approximate surface area is 347 Å². The molecule has 330 valence electrons. The van der Waals surface area contributed by atoms with Gasteiger partial charge in [0, 0.05) is 23.1 Å². The SMILES string of the molecule is COc1ccc2c(OC3CC4C(=O)NC5(CC(=O)NS(=O)(=O)C6(C)CC6)CC5C=CC(C)CCCC(C)C(NC(=O)OC(C)(C)C(F)(F)F)C(=O)N4C3)ncc(OC)c2c1. The highest BCUT2D eigenvalue weighted by Gasteiger charge is 2.58. The lowest BCUT2D eigenvalue weighted by molar-refractivity contribution is -0.244. The highest BCUT2D eigenvalue weighted by molar-refractivity contribution is 7.91. The fourth-order valence-corrected chi connectivity index (χ4v) is 9.11. The number of hydrogen-bond donors (Lipinski definition) is 3. The fraction of sp³-hybridized carbons (Fsp3) is 0.634. The molecule has 2 aliphatic heterocycles. The monoisotopic (exact) mass is 865 g/mol. The summed E-state index contributed by atoms with van der Waals surface area (Å²) in [6, 6.07) is 2.50. The van der Waals surface area contributed by atoms with Crippen molar-refractivity contribution in [1.82, 2.24) is 25.2 Å². The third-order valence-electron chi connectivity index (χ3n) is 12.3. The zero-order valence-electron chi connectivity index (χ0n) is 34.8. The summed E-state index contributed by atoms with van der Waals surface area (Å²) in [6.07, 6.45) is 0.421. The summed E-state index contributed by atoms with van der Waals surface area (Å²) in [4.78, 5) is 61.6. The molecule has 3 fully saturated rings. The van der Waals surface area contributed by atoms with Crippen LogP contribution in [0.15, 0.2) is 36.5 Å². The molecule has 2 aromatic rings. The maximum absolute atomic E-state index is 14.8. The van der Waals surface area contributed by atoms with E-state index in [-0.39, 0.29) is 37.1 Å². The number of amides is 4. The van der Waals surface area contributed by atoms with Crippen LogP contribution in [0.1, 0.15) is 86.0 Å². The lowest BCUT2D eigenvalue weighted by Gasteiger charge is -2.33. The van der Waals surface area contributed by atoms with Gasteiger partial charge >= 0.3 is 12.3 Å². The number of nitrogens with one attached hydrogen (secondary N) is 3. The predicted octanol–water partition coefficient (Wildman–Crippen LogP) is 5.31. The fourth-order valence-electron chi connectivity index (χ4n) is 7.85. The Morgan fingerprint density at radius 2 is 1.77 bits per heavy atom. The van der Waals surface area contributed by atoms with E-state index in [1.807, 2.05) is 19.1 Å². The molecule has 3 heterocycles. The predicted molar refractivity (Wildman–Crippen MR) is 213 cm³/mol. The van der Waals surface area contributed by atoms with Crippen LogP contribution in [0.3, 0.4) is 0 Å². The van der Waals surface area contributed by atoms with Gasteiger partial charge in [-0.15, -0.1) is 0 Å². The van der Waals surface area contributed by atoms with E-state index in [0.717, 1.165) is 0 Å². The number of halogens is 3. The molecule has 1 saturated heterocycles. The second-order valence-corrected chi connectivity index (χ2v) is 19.6. The summed E-state index contributed by atoms with van der Waals surface area (Å²) < 4.78 is 90.5. The molecule has 6 rings (SSSR count). The standard InChI is InChI=1S/C41H54F3N5O10S/c1-23-9-8-10-24(2)33(46-37(53)59-38(3,4)41(42,43)44)36(52)49-22-27(58-35-28-14-13-26(56-6)17-29(28)31(57-7)21-45-35)18-30(49)34(51)47-40(19-25(40)12-11-23)20-32(50)48-60(54,55)39(5)15-16-39/h11-14,17,21,23-25,27,30,33H,8-10,15-16,18-20,22H2,1-7H3,(H,46,53)(H,47,51)(H,48,50). The third kappa shape index (κ3) is 9.39. The topological polar surface area (TPSA) is 192 Å². The van der Waals surface area contributed by atoms with Gasteiger partial charge in [-0.05, 0) is 82.9 Å². The molecule has 7 atom stereocenters. The van der Waals surface area contributed by atoms with E-state index in [1.165, 1.54) is 25.3 Å². The molecule has 3 N–H and O–H groups in total. The lowest BCUT2D eigenvalue weighted by Crippen LogP contribution is -2.58. The quantitative estimate of drug-likeness (QED) is 0.262. The molecule has 4 aliphatic rings. The first kappa shape index (κ1) is 44.7. The molecule has 1 aromatic carbocycles. The molecular weight excluding hydrogens is 812 g/mol. The Morgan fingerprint density at radius 3 is 2.42 bits per heavy atom. The van der Waals surface area contributed by atoms with Crippen LogP contribution in [0.25, 0.3) is 10.8 Å². The zero-order chi connectivity index (χ0) is 44.0. The first-order valence-corrected chi connectivity index (χ1v) is 21.6. The number of nitrogens with zero attached hydrogens (tertiary/aromatic N) is 2. The van der Waals surface area contributed by atoms with Crippen molar-refractivity contribution in [3.8, 4) is 17.4 Å². The van der Waals surface area contributed by atoms with Crippen molar-refractivity contribution in [3.05, 3.63) is 36.5 Å². The zero-order valence-corrected chi connectivity index (χ0v) is 35.6. The first-order valence-electron chi connectivity index (χ1n) is 20.1. The molecular formula is C41H54F3N5O10S. The van der Waals surface area contributed by atoms with Crippen molar-refractivity contribution in [3.63, 3.8) is 0 Å². The number of ether oxygens (including phenoxy) is 4. The molecule has 0 radical (unpaired) electrons. The smallest absolute Gasteiger partial charge is 0.427 e. The number of pyridine rings is 1. The van der Waals surface area contributed by atoms with Crippen LogP contribution >= 0.6 is 0 Å². The maximum atomic E-state index is 14.8. The van der Waals surface area contributed by atoms with Crippen molar-refractivity contribution in [1.29, 1.82) is 0 Å². The number of rotatable bonds is 10. The van der Waals surface area contributed by atoms with Gasteiger partial charge in [0.25, 0.3) is 0 Å². The first-order chi connectivity index (χ1) is 28.0. The van der Waals surface area contributed by atoms with Crippen LogP contribution in [0.5, 0.6) is 17.4 Å². The van der Waals surface area contributed by atoms with Gasteiger partial charge in [0.05, 0.1) is 43.7 Å². The lowest BCUT2D eigenvalue weighted by atomic mass is 9.92. The number of sulfonamides is 1. The van der Waals surface area contributed by atoms with E-state index in [0.29, 0.717) is 74.6 Å². The molecule has 19 heteroatoms. The van der Waals surface area contributed by atoms with Gasteiger partial charge < -0.3 is 34.5 Å². The molecule has 15 nitrogen and oxygen atoms in total. The van der Waals surface area contributed by atoms with Crippen LogP contribution in [0.2, 0.25) is 0 Å². The number of carbonyl (C=O) groups excluding carboxylic acids is 4. The molecule has 2 aliphatic carbocycles. The Morgan fingerprint density at radius 1 is 1.05 bits per heavy atom.